The summed E-state index contributed by atoms with van der Waals surface area (Å²) in [6.45, 7) is 15.9. The van der Waals surface area contributed by atoms with Crippen LogP contribution in [0.3, 0.4) is 0 Å². The molecule has 2 aromatic rings. The average molecular weight is 476 g/mol. The van der Waals surface area contributed by atoms with E-state index in [1.807, 2.05) is 6.92 Å². The molecule has 0 spiro atoms. The summed E-state index contributed by atoms with van der Waals surface area (Å²) in [4.78, 5) is 24.8. The minimum Gasteiger partial charge on any atom is -0.494 e. The first kappa shape index (κ1) is 26.3. The molecule has 0 heterocycles. The third kappa shape index (κ3) is 6.11. The van der Waals surface area contributed by atoms with Gasteiger partial charge in [-0.15, -0.1) is 0 Å². The van der Waals surface area contributed by atoms with Crippen LogP contribution in [0.15, 0.2) is 48.6 Å². The zero-order valence-electron chi connectivity index (χ0n) is 19.6. The fourth-order valence-electron chi connectivity index (χ4n) is 2.87. The SMILES string of the molecule is C=C(C)C(=O)Oc1cc(P(=O)(OCC)OCC)c(OC(=O)C(=C)C)c2ccc(OCC)cc12. The first-order chi connectivity index (χ1) is 15.6. The van der Waals surface area contributed by atoms with Gasteiger partial charge in [0.25, 0.3) is 0 Å². The minimum absolute atomic E-state index is 0.0404. The molecule has 0 aromatic heterocycles. The first-order valence-corrected chi connectivity index (χ1v) is 12.0. The number of esters is 2. The van der Waals surface area contributed by atoms with Gasteiger partial charge in [-0.1, -0.05) is 13.2 Å². The van der Waals surface area contributed by atoms with Gasteiger partial charge in [0.2, 0.25) is 0 Å². The van der Waals surface area contributed by atoms with Crippen molar-refractivity contribution >= 4 is 35.6 Å². The van der Waals surface area contributed by atoms with Crippen LogP contribution in [0.25, 0.3) is 10.8 Å². The Bertz CT molecular complexity index is 1120. The van der Waals surface area contributed by atoms with Gasteiger partial charge in [0.1, 0.15) is 16.8 Å². The first-order valence-electron chi connectivity index (χ1n) is 10.5. The Morgan fingerprint density at radius 3 is 1.94 bits per heavy atom. The molecular formula is C24H29O8P. The molecule has 2 aromatic carbocycles. The molecule has 0 aliphatic rings. The Hall–Kier alpha value is -2.93. The van der Waals surface area contributed by atoms with Gasteiger partial charge in [0, 0.05) is 28.0 Å². The van der Waals surface area contributed by atoms with Gasteiger partial charge in [0.05, 0.1) is 19.8 Å². The molecular weight excluding hydrogens is 447 g/mol. The highest BCUT2D eigenvalue weighted by molar-refractivity contribution is 7.62. The van der Waals surface area contributed by atoms with Crippen molar-refractivity contribution in [2.45, 2.75) is 34.6 Å². The maximum atomic E-state index is 13.7. The number of benzene rings is 2. The van der Waals surface area contributed by atoms with Crippen LogP contribution in [-0.2, 0) is 23.2 Å². The average Bonchev–Trinajstić information content (AvgIpc) is 2.75. The van der Waals surface area contributed by atoms with Crippen molar-refractivity contribution in [2.75, 3.05) is 19.8 Å². The van der Waals surface area contributed by atoms with Crippen LogP contribution >= 0.6 is 7.60 Å². The highest BCUT2D eigenvalue weighted by atomic mass is 31.2. The van der Waals surface area contributed by atoms with Gasteiger partial charge in [-0.05, 0) is 52.8 Å². The van der Waals surface area contributed by atoms with Crippen LogP contribution in [0, 0.1) is 0 Å². The van der Waals surface area contributed by atoms with Gasteiger partial charge in [0.15, 0.2) is 5.75 Å². The number of ether oxygens (including phenoxy) is 3. The van der Waals surface area contributed by atoms with E-state index in [-0.39, 0.29) is 41.2 Å². The van der Waals surface area contributed by atoms with Crippen molar-refractivity contribution in [3.8, 4) is 17.2 Å². The number of hydrogen-bond acceptors (Lipinski definition) is 8. The fourth-order valence-corrected chi connectivity index (χ4v) is 4.59. The van der Waals surface area contributed by atoms with E-state index in [1.54, 1.807) is 32.0 Å². The number of fused-ring (bicyclic) bond motifs is 1. The molecule has 0 fully saturated rings. The lowest BCUT2D eigenvalue weighted by molar-refractivity contribution is -0.131. The Labute approximate surface area is 193 Å². The van der Waals surface area contributed by atoms with Crippen LogP contribution in [0.5, 0.6) is 17.2 Å². The Kier molecular flexibility index (Phi) is 8.99. The van der Waals surface area contributed by atoms with E-state index < -0.39 is 19.5 Å². The number of hydrogen-bond donors (Lipinski definition) is 0. The summed E-state index contributed by atoms with van der Waals surface area (Å²) in [5.41, 5.74) is 0.307. The van der Waals surface area contributed by atoms with Gasteiger partial charge in [-0.2, -0.15) is 0 Å². The molecule has 0 bridgehead atoms. The minimum atomic E-state index is -3.97. The molecule has 33 heavy (non-hydrogen) atoms. The van der Waals surface area contributed by atoms with E-state index in [4.69, 9.17) is 23.3 Å². The smallest absolute Gasteiger partial charge is 0.365 e. The Morgan fingerprint density at radius 2 is 1.42 bits per heavy atom. The van der Waals surface area contributed by atoms with E-state index >= 15 is 0 Å². The molecule has 0 saturated heterocycles. The summed E-state index contributed by atoms with van der Waals surface area (Å²) in [5, 5.41) is 0.681. The summed E-state index contributed by atoms with van der Waals surface area (Å²) in [7, 11) is -3.97. The highest BCUT2D eigenvalue weighted by Crippen LogP contribution is 2.52. The summed E-state index contributed by atoms with van der Waals surface area (Å²) >= 11 is 0. The standard InChI is InChI=1S/C24H29O8P/c1-8-28-17-11-12-18-19(13-17)20(31-23(25)15(4)5)14-21(22(18)32-24(26)16(6)7)33(27,29-9-2)30-10-3/h11-14H,4,6,8-10H2,1-3,5,7H3. The topological polar surface area (TPSA) is 97.4 Å². The highest BCUT2D eigenvalue weighted by Gasteiger charge is 2.35. The van der Waals surface area contributed by atoms with Crippen molar-refractivity contribution in [1.29, 1.82) is 0 Å². The van der Waals surface area contributed by atoms with Gasteiger partial charge in [-0.3, -0.25) is 4.57 Å². The van der Waals surface area contributed by atoms with Gasteiger partial charge in [-0.25, -0.2) is 9.59 Å². The van der Waals surface area contributed by atoms with Crippen LogP contribution in [-0.4, -0.2) is 31.8 Å². The van der Waals surface area contributed by atoms with E-state index in [9.17, 15) is 14.2 Å². The van der Waals surface area contributed by atoms with E-state index in [0.717, 1.165) is 0 Å². The molecule has 0 unspecified atom stereocenters. The van der Waals surface area contributed by atoms with Crippen LogP contribution in [0.2, 0.25) is 0 Å². The molecule has 0 saturated carbocycles. The molecule has 0 radical (unpaired) electrons. The quantitative estimate of drug-likeness (QED) is 0.191. The number of carbonyl (C=O) groups is 2. The molecule has 2 rings (SSSR count). The lowest BCUT2D eigenvalue weighted by atomic mass is 10.1. The number of carbonyl (C=O) groups excluding carboxylic acids is 2. The lowest BCUT2D eigenvalue weighted by Gasteiger charge is -2.22. The molecule has 0 N–H and O–H groups in total. The van der Waals surface area contributed by atoms with Crippen LogP contribution in [0.1, 0.15) is 34.6 Å². The molecule has 9 heteroatoms. The summed E-state index contributed by atoms with van der Waals surface area (Å²) < 4.78 is 41.4. The maximum Gasteiger partial charge on any atom is 0.365 e. The van der Waals surface area contributed by atoms with Crippen LogP contribution in [0.4, 0.5) is 0 Å². The molecule has 0 aliphatic carbocycles. The van der Waals surface area contributed by atoms with Gasteiger partial charge >= 0.3 is 19.5 Å². The van der Waals surface area contributed by atoms with Crippen molar-refractivity contribution in [1.82, 2.24) is 0 Å². The second-order valence-corrected chi connectivity index (χ2v) is 9.03. The van der Waals surface area contributed by atoms with Crippen molar-refractivity contribution < 1.29 is 37.4 Å². The normalized spacial score (nSPS) is 11.2. The van der Waals surface area contributed by atoms with Crippen molar-refractivity contribution in [2.24, 2.45) is 0 Å². The number of rotatable bonds is 11. The van der Waals surface area contributed by atoms with E-state index in [1.165, 1.54) is 19.9 Å². The predicted molar refractivity (Wildman–Crippen MR) is 127 cm³/mol. The molecule has 0 amide bonds. The lowest BCUT2D eigenvalue weighted by Crippen LogP contribution is -2.20. The molecule has 0 aliphatic heterocycles. The summed E-state index contributed by atoms with van der Waals surface area (Å²) in [6, 6.07) is 6.23. The summed E-state index contributed by atoms with van der Waals surface area (Å²) in [5.74, 6) is -0.887. The second kappa shape index (κ2) is 11.3. The molecule has 8 nitrogen and oxygen atoms in total. The maximum absolute atomic E-state index is 13.7. The Balaban J connectivity index is 2.95. The predicted octanol–water partition coefficient (Wildman–Crippen LogP) is 5.09. The van der Waals surface area contributed by atoms with Crippen LogP contribution < -0.4 is 19.5 Å². The third-order valence-electron chi connectivity index (χ3n) is 4.30. The van der Waals surface area contributed by atoms with E-state index in [2.05, 4.69) is 13.2 Å². The van der Waals surface area contributed by atoms with Crippen molar-refractivity contribution in [3.63, 3.8) is 0 Å². The van der Waals surface area contributed by atoms with Crippen molar-refractivity contribution in [3.05, 3.63) is 48.6 Å². The van der Waals surface area contributed by atoms with Gasteiger partial charge < -0.3 is 23.3 Å². The monoisotopic (exact) mass is 476 g/mol. The fraction of sp³-hybridized carbons (Fsp3) is 0.333. The third-order valence-corrected chi connectivity index (χ3v) is 6.42. The molecule has 178 valence electrons. The second-order valence-electron chi connectivity index (χ2n) is 7.04. The largest absolute Gasteiger partial charge is 0.494 e. The summed E-state index contributed by atoms with van der Waals surface area (Å²) in [6.07, 6.45) is 0. The zero-order chi connectivity index (χ0) is 24.8. The van der Waals surface area contributed by atoms with E-state index in [0.29, 0.717) is 23.1 Å². The Morgan fingerprint density at radius 1 is 0.848 bits per heavy atom. The molecule has 0 atom stereocenters. The zero-order valence-corrected chi connectivity index (χ0v) is 20.5.